The summed E-state index contributed by atoms with van der Waals surface area (Å²) in [5, 5.41) is 5.04. The minimum atomic E-state index is -0.633. The van der Waals surface area contributed by atoms with Crippen LogP contribution >= 0.6 is 0 Å². The minimum absolute atomic E-state index is 0.251. The fourth-order valence-corrected chi connectivity index (χ4v) is 3.25. The quantitative estimate of drug-likeness (QED) is 0.832. The molecule has 0 radical (unpaired) electrons. The first-order valence-corrected chi connectivity index (χ1v) is 8.90. The molecular weight excluding hydrogens is 334 g/mol. The number of para-hydroxylation sites is 1. The number of likely N-dealkylation sites (N-methyl/N-ethyl adjacent to an activating group) is 1. The molecule has 1 aromatic heterocycles. The summed E-state index contributed by atoms with van der Waals surface area (Å²) >= 11 is 0. The monoisotopic (exact) mass is 359 g/mol. The highest BCUT2D eigenvalue weighted by Gasteiger charge is 2.25. The first-order chi connectivity index (χ1) is 12.6. The molecule has 3 rings (SSSR count). The zero-order chi connectivity index (χ0) is 18.5. The van der Waals surface area contributed by atoms with Crippen LogP contribution in [0.15, 0.2) is 30.5 Å². The van der Waals surface area contributed by atoms with Gasteiger partial charge in [-0.15, -0.1) is 0 Å². The van der Waals surface area contributed by atoms with Crippen molar-refractivity contribution in [3.8, 4) is 0 Å². The van der Waals surface area contributed by atoms with E-state index >= 15 is 0 Å². The molecule has 1 aromatic carbocycles. The third-order valence-corrected chi connectivity index (χ3v) is 4.73. The second-order valence-electron chi connectivity index (χ2n) is 6.41. The molecule has 0 bridgehead atoms. The summed E-state index contributed by atoms with van der Waals surface area (Å²) in [5.41, 5.74) is 1.42. The van der Waals surface area contributed by atoms with E-state index in [1.165, 1.54) is 7.11 Å². The van der Waals surface area contributed by atoms with Gasteiger partial charge in [0.25, 0.3) is 11.8 Å². The normalized spacial score (nSPS) is 19.2. The van der Waals surface area contributed by atoms with Gasteiger partial charge < -0.3 is 14.6 Å². The molecule has 1 atom stereocenters. The Morgan fingerprint density at radius 1 is 1.31 bits per heavy atom. The van der Waals surface area contributed by atoms with Crippen LogP contribution in [-0.4, -0.2) is 54.9 Å². The van der Waals surface area contributed by atoms with E-state index in [2.05, 4.69) is 5.32 Å². The highest BCUT2D eigenvalue weighted by molar-refractivity contribution is 6.07. The van der Waals surface area contributed by atoms with Gasteiger partial charge in [0.15, 0.2) is 0 Å². The topological polar surface area (TPSA) is 72.8 Å². The van der Waals surface area contributed by atoms with Crippen LogP contribution in [0, 0.1) is 0 Å². The first kappa shape index (κ1) is 18.4. The predicted molar refractivity (Wildman–Crippen MR) is 97.6 cm³/mol. The van der Waals surface area contributed by atoms with Crippen LogP contribution in [0.25, 0.3) is 10.9 Å². The molecule has 0 fully saturated rings. The van der Waals surface area contributed by atoms with Crippen molar-refractivity contribution in [3.63, 3.8) is 0 Å². The second-order valence-corrected chi connectivity index (χ2v) is 6.41. The number of carbonyl (C=O) groups excluding carboxylic acids is 2. The summed E-state index contributed by atoms with van der Waals surface area (Å²) < 4.78 is 7.74. The van der Waals surface area contributed by atoms with Gasteiger partial charge in [0.05, 0.1) is 24.8 Å². The van der Waals surface area contributed by atoms with Gasteiger partial charge in [-0.25, -0.2) is 5.06 Å². The number of hydroxylamine groups is 2. The molecular formula is C19H25N3O4. The Kier molecular flexibility index (Phi) is 5.90. The lowest BCUT2D eigenvalue weighted by Crippen LogP contribution is -2.47. The van der Waals surface area contributed by atoms with Crippen LogP contribution in [-0.2, 0) is 20.9 Å². The lowest BCUT2D eigenvalue weighted by molar-refractivity contribution is -0.171. The van der Waals surface area contributed by atoms with Gasteiger partial charge in [0.2, 0.25) is 0 Å². The molecule has 2 heterocycles. The van der Waals surface area contributed by atoms with Crippen LogP contribution in [0.4, 0.5) is 0 Å². The SMILES string of the molecule is CON(C)C(=O)[C@@H]1CCCCOCCn2ccc3cccc(c32)C(=O)N1. The molecule has 26 heavy (non-hydrogen) atoms. The van der Waals surface area contributed by atoms with E-state index in [0.717, 1.165) is 28.8 Å². The number of hydrogen-bond acceptors (Lipinski definition) is 4. The van der Waals surface area contributed by atoms with Crippen molar-refractivity contribution in [2.24, 2.45) is 0 Å². The maximum absolute atomic E-state index is 13.0. The molecule has 0 saturated heterocycles. The number of carbonyl (C=O) groups is 2. The highest BCUT2D eigenvalue weighted by atomic mass is 16.7. The third-order valence-electron chi connectivity index (χ3n) is 4.73. The smallest absolute Gasteiger partial charge is 0.268 e. The fourth-order valence-electron chi connectivity index (χ4n) is 3.25. The molecule has 0 spiro atoms. The van der Waals surface area contributed by atoms with E-state index in [0.29, 0.717) is 31.7 Å². The fraction of sp³-hybridized carbons (Fsp3) is 0.474. The molecule has 7 nitrogen and oxygen atoms in total. The number of rotatable bonds is 2. The summed E-state index contributed by atoms with van der Waals surface area (Å²) in [7, 11) is 2.98. The van der Waals surface area contributed by atoms with E-state index in [4.69, 9.17) is 9.57 Å². The van der Waals surface area contributed by atoms with Crippen molar-refractivity contribution in [3.05, 3.63) is 36.0 Å². The average Bonchev–Trinajstić information content (AvgIpc) is 3.07. The van der Waals surface area contributed by atoms with Crippen molar-refractivity contribution >= 4 is 22.7 Å². The highest BCUT2D eigenvalue weighted by Crippen LogP contribution is 2.21. The van der Waals surface area contributed by atoms with Crippen molar-refractivity contribution in [1.82, 2.24) is 14.9 Å². The Bertz CT molecular complexity index is 786. The Morgan fingerprint density at radius 3 is 2.96 bits per heavy atom. The maximum Gasteiger partial charge on any atom is 0.268 e. The van der Waals surface area contributed by atoms with Gasteiger partial charge in [0.1, 0.15) is 6.04 Å². The standard InChI is InChI=1S/C19H25N3O4/c1-21(25-2)19(24)16-8-3-4-12-26-13-11-22-10-9-14-6-5-7-15(17(14)22)18(23)20-16/h5-7,9-10,16H,3-4,8,11-13H2,1-2H3,(H,20,23)/t16-/m0/s1. The van der Waals surface area contributed by atoms with Crippen LogP contribution in [0.5, 0.6) is 0 Å². The van der Waals surface area contributed by atoms with Gasteiger partial charge in [-0.1, -0.05) is 12.1 Å². The average molecular weight is 359 g/mol. The number of aromatic nitrogens is 1. The Morgan fingerprint density at radius 2 is 2.15 bits per heavy atom. The van der Waals surface area contributed by atoms with Crippen LogP contribution in [0.2, 0.25) is 0 Å². The molecule has 1 aliphatic heterocycles. The molecule has 1 N–H and O–H groups in total. The second kappa shape index (κ2) is 8.33. The summed E-state index contributed by atoms with van der Waals surface area (Å²) in [6, 6.07) is 6.97. The van der Waals surface area contributed by atoms with Crippen LogP contribution < -0.4 is 5.32 Å². The third kappa shape index (κ3) is 3.89. The summed E-state index contributed by atoms with van der Waals surface area (Å²) in [6.45, 7) is 1.91. The largest absolute Gasteiger partial charge is 0.380 e. The summed E-state index contributed by atoms with van der Waals surface area (Å²) in [6.07, 6.45) is 4.12. The molecule has 0 aliphatic carbocycles. The lowest BCUT2D eigenvalue weighted by atomic mass is 10.1. The van der Waals surface area contributed by atoms with Gasteiger partial charge >= 0.3 is 0 Å². The number of benzene rings is 1. The van der Waals surface area contributed by atoms with Crippen molar-refractivity contribution in [2.75, 3.05) is 27.4 Å². The molecule has 0 unspecified atom stereocenters. The van der Waals surface area contributed by atoms with Gasteiger partial charge in [0, 0.05) is 31.8 Å². The molecule has 140 valence electrons. The number of nitrogens with one attached hydrogen (secondary N) is 1. The number of ether oxygens (including phenoxy) is 1. The Labute approximate surface area is 152 Å². The number of amides is 2. The van der Waals surface area contributed by atoms with Crippen molar-refractivity contribution in [1.29, 1.82) is 0 Å². The van der Waals surface area contributed by atoms with E-state index < -0.39 is 6.04 Å². The Balaban J connectivity index is 1.95. The molecule has 7 heteroatoms. The van der Waals surface area contributed by atoms with E-state index in [9.17, 15) is 9.59 Å². The zero-order valence-electron chi connectivity index (χ0n) is 15.2. The van der Waals surface area contributed by atoms with Gasteiger partial charge in [-0.3, -0.25) is 14.4 Å². The summed E-state index contributed by atoms with van der Waals surface area (Å²) in [5.74, 6) is -0.516. The van der Waals surface area contributed by atoms with E-state index in [1.54, 1.807) is 13.1 Å². The van der Waals surface area contributed by atoms with E-state index in [1.807, 2.05) is 29.0 Å². The lowest BCUT2D eigenvalue weighted by Gasteiger charge is -2.23. The minimum Gasteiger partial charge on any atom is -0.380 e. The maximum atomic E-state index is 13.0. The molecule has 1 aliphatic rings. The van der Waals surface area contributed by atoms with Crippen LogP contribution in [0.1, 0.15) is 29.6 Å². The molecule has 2 aromatic rings. The van der Waals surface area contributed by atoms with Crippen LogP contribution in [0.3, 0.4) is 0 Å². The summed E-state index contributed by atoms with van der Waals surface area (Å²) in [4.78, 5) is 30.5. The Hall–Kier alpha value is -2.38. The van der Waals surface area contributed by atoms with Gasteiger partial charge in [-0.05, 0) is 31.4 Å². The van der Waals surface area contributed by atoms with Crippen molar-refractivity contribution < 1.29 is 19.2 Å². The van der Waals surface area contributed by atoms with Gasteiger partial charge in [-0.2, -0.15) is 0 Å². The molecule has 0 saturated carbocycles. The van der Waals surface area contributed by atoms with Crippen molar-refractivity contribution in [2.45, 2.75) is 31.8 Å². The zero-order valence-corrected chi connectivity index (χ0v) is 15.2. The molecule has 2 amide bonds. The number of hydrogen-bond donors (Lipinski definition) is 1. The predicted octanol–water partition coefficient (Wildman–Crippen LogP) is 1.96. The van der Waals surface area contributed by atoms with E-state index in [-0.39, 0.29) is 11.8 Å². The number of nitrogens with zero attached hydrogens (tertiary/aromatic N) is 2. The first-order valence-electron chi connectivity index (χ1n) is 8.90.